The minimum absolute atomic E-state index is 0. The molecule has 66 valence electrons. The Morgan fingerprint density at radius 2 is 1.83 bits per heavy atom. The van der Waals surface area contributed by atoms with E-state index in [1.807, 2.05) is 6.07 Å². The van der Waals surface area contributed by atoms with Gasteiger partial charge in [0.15, 0.2) is 0 Å². The van der Waals surface area contributed by atoms with Gasteiger partial charge >= 0.3 is 0 Å². The van der Waals surface area contributed by atoms with E-state index >= 15 is 0 Å². The van der Waals surface area contributed by atoms with Gasteiger partial charge < -0.3 is 11.3 Å². The third-order valence-corrected chi connectivity index (χ3v) is 2.37. The van der Waals surface area contributed by atoms with E-state index in [0.717, 1.165) is 12.8 Å². The summed E-state index contributed by atoms with van der Waals surface area (Å²) in [6, 6.07) is 5.83. The number of phenols is 1. The Kier molecular flexibility index (Phi) is 2.71. The molecular weight excluding hydrogens is 150 g/mol. The number of aryl methyl sites for hydroxylation is 1. The molecule has 0 aromatic heterocycles. The Morgan fingerprint density at radius 1 is 1.08 bits per heavy atom. The van der Waals surface area contributed by atoms with Crippen LogP contribution in [0.25, 0.3) is 0 Å². The lowest BCUT2D eigenvalue weighted by Gasteiger charge is -2.15. The van der Waals surface area contributed by atoms with Crippen molar-refractivity contribution in [1.82, 2.24) is 6.15 Å². The third-order valence-electron chi connectivity index (χ3n) is 2.37. The molecule has 0 unspecified atom stereocenters. The van der Waals surface area contributed by atoms with Crippen molar-refractivity contribution in [2.24, 2.45) is 0 Å². The lowest BCUT2D eigenvalue weighted by atomic mass is 9.91. The summed E-state index contributed by atoms with van der Waals surface area (Å²) in [5.74, 6) is 0.488. The quantitative estimate of drug-likeness (QED) is 0.620. The van der Waals surface area contributed by atoms with Gasteiger partial charge in [-0.1, -0.05) is 12.1 Å². The Labute approximate surface area is 72.8 Å². The largest absolute Gasteiger partial charge is 0.508 e. The van der Waals surface area contributed by atoms with Crippen LogP contribution in [0, 0.1) is 0 Å². The molecule has 2 nitrogen and oxygen atoms in total. The number of benzene rings is 1. The summed E-state index contributed by atoms with van der Waals surface area (Å²) in [5.41, 5.74) is 2.52. The van der Waals surface area contributed by atoms with E-state index in [1.54, 1.807) is 6.07 Å². The average Bonchev–Trinajstić information content (AvgIpc) is 2.06. The van der Waals surface area contributed by atoms with Crippen LogP contribution in [0.1, 0.15) is 24.0 Å². The molecule has 2 rings (SSSR count). The van der Waals surface area contributed by atoms with Crippen LogP contribution in [0.15, 0.2) is 18.2 Å². The van der Waals surface area contributed by atoms with E-state index in [-0.39, 0.29) is 6.15 Å². The molecule has 0 spiro atoms. The highest BCUT2D eigenvalue weighted by molar-refractivity contribution is 5.40. The normalized spacial score (nSPS) is 14.7. The molecule has 1 aromatic rings. The van der Waals surface area contributed by atoms with Crippen molar-refractivity contribution in [3.8, 4) is 5.75 Å². The van der Waals surface area contributed by atoms with E-state index < -0.39 is 0 Å². The summed E-state index contributed by atoms with van der Waals surface area (Å²) in [6.07, 6.45) is 4.70. The van der Waals surface area contributed by atoms with Gasteiger partial charge in [-0.15, -0.1) is 0 Å². The lowest BCUT2D eigenvalue weighted by Crippen LogP contribution is -2.01. The van der Waals surface area contributed by atoms with Crippen molar-refractivity contribution in [3.63, 3.8) is 0 Å². The Morgan fingerprint density at radius 3 is 2.58 bits per heavy atom. The van der Waals surface area contributed by atoms with Crippen LogP contribution >= 0.6 is 0 Å². The number of hydrogen-bond acceptors (Lipinski definition) is 2. The average molecular weight is 165 g/mol. The Balaban J connectivity index is 0.000000720. The van der Waals surface area contributed by atoms with Crippen LogP contribution in [0.2, 0.25) is 0 Å². The number of hydrogen-bond donors (Lipinski definition) is 2. The topological polar surface area (TPSA) is 55.2 Å². The summed E-state index contributed by atoms with van der Waals surface area (Å²) in [6.45, 7) is 0. The minimum atomic E-state index is 0. The van der Waals surface area contributed by atoms with Crippen molar-refractivity contribution < 1.29 is 5.11 Å². The Hall–Kier alpha value is -1.02. The van der Waals surface area contributed by atoms with Crippen molar-refractivity contribution >= 4 is 0 Å². The van der Waals surface area contributed by atoms with Gasteiger partial charge in [0.25, 0.3) is 0 Å². The molecule has 2 heteroatoms. The minimum Gasteiger partial charge on any atom is -0.508 e. The molecule has 0 saturated carbocycles. The molecule has 0 bridgehead atoms. The SMILES string of the molecule is N.Oc1cccc2c1CCCC2. The second-order valence-electron chi connectivity index (χ2n) is 3.12. The summed E-state index contributed by atoms with van der Waals surface area (Å²) >= 11 is 0. The fourth-order valence-electron chi connectivity index (χ4n) is 1.76. The van der Waals surface area contributed by atoms with Crippen molar-refractivity contribution in [2.75, 3.05) is 0 Å². The van der Waals surface area contributed by atoms with Gasteiger partial charge in [-0.25, -0.2) is 0 Å². The van der Waals surface area contributed by atoms with E-state index in [9.17, 15) is 5.11 Å². The Bertz CT molecular complexity index is 271. The van der Waals surface area contributed by atoms with Gasteiger partial charge in [0, 0.05) is 0 Å². The maximum Gasteiger partial charge on any atom is 0.119 e. The zero-order valence-electron chi connectivity index (χ0n) is 7.21. The van der Waals surface area contributed by atoms with Gasteiger partial charge in [-0.2, -0.15) is 0 Å². The number of fused-ring (bicyclic) bond motifs is 1. The molecule has 0 radical (unpaired) electrons. The molecule has 12 heavy (non-hydrogen) atoms. The molecule has 1 aromatic carbocycles. The van der Waals surface area contributed by atoms with Crippen LogP contribution in [0.3, 0.4) is 0 Å². The van der Waals surface area contributed by atoms with E-state index in [2.05, 4.69) is 6.07 Å². The number of aromatic hydroxyl groups is 1. The van der Waals surface area contributed by atoms with Crippen molar-refractivity contribution in [3.05, 3.63) is 29.3 Å². The van der Waals surface area contributed by atoms with Crippen LogP contribution in [-0.2, 0) is 12.8 Å². The molecular formula is C10H15NO. The predicted octanol–water partition coefficient (Wildman–Crippen LogP) is 2.43. The first-order valence-electron chi connectivity index (χ1n) is 4.17. The smallest absolute Gasteiger partial charge is 0.119 e. The van der Waals surface area contributed by atoms with Crippen molar-refractivity contribution in [2.45, 2.75) is 25.7 Å². The third kappa shape index (κ3) is 1.43. The molecule has 0 heterocycles. The summed E-state index contributed by atoms with van der Waals surface area (Å²) in [4.78, 5) is 0. The standard InChI is InChI=1S/C10H12O.H3N/c11-10-7-3-5-8-4-1-2-6-9(8)10;/h3,5,7,11H,1-2,4,6H2;1H3. The fraction of sp³-hybridized carbons (Fsp3) is 0.400. The first-order chi connectivity index (χ1) is 5.38. The zero-order valence-corrected chi connectivity index (χ0v) is 7.21. The van der Waals surface area contributed by atoms with E-state index in [1.165, 1.54) is 24.0 Å². The fourth-order valence-corrected chi connectivity index (χ4v) is 1.76. The van der Waals surface area contributed by atoms with Crippen LogP contribution in [-0.4, -0.2) is 5.11 Å². The van der Waals surface area contributed by atoms with Gasteiger partial charge in [0.2, 0.25) is 0 Å². The van der Waals surface area contributed by atoms with Crippen LogP contribution in [0.5, 0.6) is 5.75 Å². The van der Waals surface area contributed by atoms with Gasteiger partial charge in [-0.05, 0) is 42.9 Å². The predicted molar refractivity (Wildman–Crippen MR) is 49.8 cm³/mol. The monoisotopic (exact) mass is 165 g/mol. The number of rotatable bonds is 0. The maximum atomic E-state index is 9.46. The zero-order chi connectivity index (χ0) is 7.68. The maximum absolute atomic E-state index is 9.46. The molecule has 1 aliphatic carbocycles. The molecule has 4 N–H and O–H groups in total. The summed E-state index contributed by atoms with van der Waals surface area (Å²) in [7, 11) is 0. The molecule has 0 saturated heterocycles. The molecule has 0 amide bonds. The summed E-state index contributed by atoms with van der Waals surface area (Å²) < 4.78 is 0. The van der Waals surface area contributed by atoms with Crippen molar-refractivity contribution in [1.29, 1.82) is 0 Å². The highest BCUT2D eigenvalue weighted by Crippen LogP contribution is 2.27. The molecule has 1 aliphatic rings. The van der Waals surface area contributed by atoms with E-state index in [4.69, 9.17) is 0 Å². The first kappa shape index (κ1) is 9.07. The highest BCUT2D eigenvalue weighted by atomic mass is 16.3. The van der Waals surface area contributed by atoms with Gasteiger partial charge in [0.05, 0.1) is 0 Å². The highest BCUT2D eigenvalue weighted by Gasteiger charge is 2.11. The first-order valence-corrected chi connectivity index (χ1v) is 4.17. The van der Waals surface area contributed by atoms with Crippen LogP contribution in [0.4, 0.5) is 0 Å². The van der Waals surface area contributed by atoms with Gasteiger partial charge in [-0.3, -0.25) is 0 Å². The van der Waals surface area contributed by atoms with Gasteiger partial charge in [0.1, 0.15) is 5.75 Å². The molecule has 0 atom stereocenters. The molecule has 0 fully saturated rings. The molecule has 0 aliphatic heterocycles. The lowest BCUT2D eigenvalue weighted by molar-refractivity contribution is 0.462. The summed E-state index contributed by atoms with van der Waals surface area (Å²) in [5, 5.41) is 9.46. The van der Waals surface area contributed by atoms with Crippen LogP contribution < -0.4 is 6.15 Å². The second kappa shape index (κ2) is 3.59. The second-order valence-corrected chi connectivity index (χ2v) is 3.12. The number of phenolic OH excluding ortho intramolecular Hbond substituents is 1. The van der Waals surface area contributed by atoms with E-state index in [0.29, 0.717) is 5.75 Å².